The van der Waals surface area contributed by atoms with Gasteiger partial charge in [-0.3, -0.25) is 9.59 Å². The molecule has 2 N–H and O–H groups in total. The van der Waals surface area contributed by atoms with Gasteiger partial charge in [-0.2, -0.15) is 0 Å². The second-order valence-electron chi connectivity index (χ2n) is 6.45. The summed E-state index contributed by atoms with van der Waals surface area (Å²) in [5, 5.41) is 5.89. The number of aryl methyl sites for hydroxylation is 2. The van der Waals surface area contributed by atoms with Crippen LogP contribution in [0.1, 0.15) is 36.9 Å². The summed E-state index contributed by atoms with van der Waals surface area (Å²) in [7, 11) is 2.02. The molecule has 24 heavy (non-hydrogen) atoms. The van der Waals surface area contributed by atoms with Crippen LogP contribution in [0.25, 0.3) is 0 Å². The van der Waals surface area contributed by atoms with E-state index in [1.54, 1.807) is 0 Å². The highest BCUT2D eigenvalue weighted by atomic mass is 16.2. The fraction of sp³-hybridized carbons (Fsp3) is 0.368. The second-order valence-corrected chi connectivity index (χ2v) is 6.45. The minimum Gasteiger partial charge on any atom is -0.354 e. The lowest BCUT2D eigenvalue weighted by molar-refractivity contribution is -0.126. The van der Waals surface area contributed by atoms with E-state index in [1.807, 2.05) is 50.5 Å². The Labute approximate surface area is 142 Å². The Balaban J connectivity index is 1.62. The quantitative estimate of drug-likeness (QED) is 0.887. The van der Waals surface area contributed by atoms with Gasteiger partial charge in [0.2, 0.25) is 11.8 Å². The minimum absolute atomic E-state index is 0.0598. The molecule has 5 heteroatoms. The zero-order chi connectivity index (χ0) is 17.1. The molecule has 2 heterocycles. The van der Waals surface area contributed by atoms with Gasteiger partial charge >= 0.3 is 0 Å². The van der Waals surface area contributed by atoms with Crippen LogP contribution >= 0.6 is 0 Å². The van der Waals surface area contributed by atoms with E-state index in [2.05, 4.69) is 21.3 Å². The van der Waals surface area contributed by atoms with E-state index in [0.717, 1.165) is 24.1 Å². The van der Waals surface area contributed by atoms with Crippen molar-refractivity contribution in [3.8, 4) is 0 Å². The molecule has 0 saturated carbocycles. The van der Waals surface area contributed by atoms with Crippen molar-refractivity contribution in [2.24, 2.45) is 7.05 Å². The van der Waals surface area contributed by atoms with Gasteiger partial charge in [0.1, 0.15) is 0 Å². The monoisotopic (exact) mass is 325 g/mol. The average Bonchev–Trinajstić information content (AvgIpc) is 2.97. The van der Waals surface area contributed by atoms with Crippen LogP contribution in [0.15, 0.2) is 42.6 Å². The molecule has 0 saturated heterocycles. The van der Waals surface area contributed by atoms with Crippen LogP contribution in [0.2, 0.25) is 0 Å². The molecular formula is C19H23N3O2. The summed E-state index contributed by atoms with van der Waals surface area (Å²) in [6.45, 7) is 2.01. The molecule has 0 unspecified atom stereocenters. The summed E-state index contributed by atoms with van der Waals surface area (Å²) in [5.74, 6) is -0.588. The van der Waals surface area contributed by atoms with E-state index in [9.17, 15) is 9.59 Å². The van der Waals surface area contributed by atoms with Crippen LogP contribution in [0.3, 0.4) is 0 Å². The molecule has 1 aromatic heterocycles. The number of fused-ring (bicyclic) bond motifs is 1. The number of carbonyl (C=O) groups is 2. The van der Waals surface area contributed by atoms with Gasteiger partial charge in [-0.15, -0.1) is 0 Å². The van der Waals surface area contributed by atoms with Crippen LogP contribution in [0, 0.1) is 0 Å². The Bertz CT molecular complexity index is 751. The van der Waals surface area contributed by atoms with Crippen LogP contribution < -0.4 is 10.6 Å². The average molecular weight is 325 g/mol. The molecule has 3 rings (SSSR count). The lowest BCUT2D eigenvalue weighted by Gasteiger charge is -2.26. The van der Waals surface area contributed by atoms with Crippen LogP contribution in [-0.4, -0.2) is 22.4 Å². The minimum atomic E-state index is -0.410. The highest BCUT2D eigenvalue weighted by Gasteiger charge is 2.30. The Morgan fingerprint density at radius 3 is 2.88 bits per heavy atom. The Hall–Kier alpha value is -2.56. The van der Waals surface area contributed by atoms with E-state index < -0.39 is 5.92 Å². The summed E-state index contributed by atoms with van der Waals surface area (Å²) in [5.41, 5.74) is 2.88. The molecule has 2 aromatic rings. The van der Waals surface area contributed by atoms with Crippen molar-refractivity contribution in [2.45, 2.75) is 38.1 Å². The lowest BCUT2D eigenvalue weighted by atomic mass is 9.89. The van der Waals surface area contributed by atoms with E-state index in [0.29, 0.717) is 0 Å². The summed E-state index contributed by atoms with van der Waals surface area (Å²) in [6.07, 6.45) is 4.00. The Morgan fingerprint density at radius 1 is 1.33 bits per heavy atom. The molecule has 126 valence electrons. The fourth-order valence-corrected chi connectivity index (χ4v) is 3.18. The van der Waals surface area contributed by atoms with Crippen molar-refractivity contribution >= 4 is 17.5 Å². The fourth-order valence-electron chi connectivity index (χ4n) is 3.18. The number of aromatic nitrogens is 1. The second kappa shape index (κ2) is 6.91. The van der Waals surface area contributed by atoms with E-state index >= 15 is 0 Å². The summed E-state index contributed by atoms with van der Waals surface area (Å²) < 4.78 is 2.09. The number of benzene rings is 1. The molecule has 2 atom stereocenters. The van der Waals surface area contributed by atoms with Crippen molar-refractivity contribution in [2.75, 3.05) is 5.32 Å². The van der Waals surface area contributed by atoms with Gasteiger partial charge in [-0.1, -0.05) is 18.2 Å². The van der Waals surface area contributed by atoms with Gasteiger partial charge in [0.05, 0.1) is 5.92 Å². The normalized spacial score (nSPS) is 17.8. The highest BCUT2D eigenvalue weighted by molar-refractivity contribution is 6.01. The molecule has 5 nitrogen and oxygen atoms in total. The third-order valence-corrected chi connectivity index (χ3v) is 4.59. The van der Waals surface area contributed by atoms with Gasteiger partial charge in [-0.05, 0) is 43.5 Å². The van der Waals surface area contributed by atoms with Crippen molar-refractivity contribution in [1.29, 1.82) is 0 Å². The van der Waals surface area contributed by atoms with Gasteiger partial charge in [0.25, 0.3) is 0 Å². The summed E-state index contributed by atoms with van der Waals surface area (Å²) in [4.78, 5) is 24.5. The van der Waals surface area contributed by atoms with E-state index in [1.165, 1.54) is 5.69 Å². The van der Waals surface area contributed by atoms with Gasteiger partial charge in [-0.25, -0.2) is 0 Å². The number of carbonyl (C=O) groups excluding carboxylic acids is 2. The third-order valence-electron chi connectivity index (χ3n) is 4.59. The van der Waals surface area contributed by atoms with Gasteiger partial charge in [0, 0.05) is 37.1 Å². The smallest absolute Gasteiger partial charge is 0.228 e. The van der Waals surface area contributed by atoms with E-state index in [4.69, 9.17) is 0 Å². The first-order chi connectivity index (χ1) is 11.5. The third kappa shape index (κ3) is 3.50. The summed E-state index contributed by atoms with van der Waals surface area (Å²) in [6, 6.07) is 11.7. The molecule has 0 fully saturated rings. The molecule has 0 aliphatic carbocycles. The van der Waals surface area contributed by atoms with E-state index in [-0.39, 0.29) is 24.3 Å². The molecule has 0 bridgehead atoms. The number of rotatable bonds is 5. The molecule has 1 aliphatic heterocycles. The standard InChI is InChI=1S/C19H23N3O2/c1-13(9-10-14-6-5-11-22(14)2)20-19(24)16-12-18(23)21-17-8-4-3-7-15(16)17/h3-8,11,13,16H,9-10,12H2,1-2H3,(H,20,24)(H,21,23)/t13-,16-/m1/s1. The van der Waals surface area contributed by atoms with Crippen molar-refractivity contribution in [3.63, 3.8) is 0 Å². The van der Waals surface area contributed by atoms with Crippen molar-refractivity contribution < 1.29 is 9.59 Å². The van der Waals surface area contributed by atoms with Gasteiger partial charge < -0.3 is 15.2 Å². The Morgan fingerprint density at radius 2 is 2.12 bits per heavy atom. The first-order valence-corrected chi connectivity index (χ1v) is 8.34. The number of nitrogens with one attached hydrogen (secondary N) is 2. The van der Waals surface area contributed by atoms with Crippen molar-refractivity contribution in [3.05, 3.63) is 53.9 Å². The molecule has 1 aromatic carbocycles. The predicted octanol–water partition coefficient (Wildman–Crippen LogP) is 2.59. The maximum Gasteiger partial charge on any atom is 0.228 e. The number of hydrogen-bond donors (Lipinski definition) is 2. The lowest BCUT2D eigenvalue weighted by Crippen LogP contribution is -2.39. The number of para-hydroxylation sites is 1. The first-order valence-electron chi connectivity index (χ1n) is 8.34. The molecule has 0 spiro atoms. The number of nitrogens with zero attached hydrogens (tertiary/aromatic N) is 1. The predicted molar refractivity (Wildman–Crippen MR) is 93.8 cm³/mol. The maximum absolute atomic E-state index is 12.6. The van der Waals surface area contributed by atoms with Crippen LogP contribution in [0.5, 0.6) is 0 Å². The zero-order valence-electron chi connectivity index (χ0n) is 14.1. The maximum atomic E-state index is 12.6. The van der Waals surface area contributed by atoms with Crippen LogP contribution in [0.4, 0.5) is 5.69 Å². The Kier molecular flexibility index (Phi) is 4.69. The SMILES string of the molecule is C[C@H](CCc1cccn1C)NC(=O)[C@@H]1CC(=O)Nc2ccccc21. The number of amides is 2. The van der Waals surface area contributed by atoms with Gasteiger partial charge in [0.15, 0.2) is 0 Å². The van der Waals surface area contributed by atoms with Crippen molar-refractivity contribution in [1.82, 2.24) is 9.88 Å². The first kappa shape index (κ1) is 16.3. The highest BCUT2D eigenvalue weighted by Crippen LogP contribution is 2.32. The van der Waals surface area contributed by atoms with Crippen LogP contribution in [-0.2, 0) is 23.1 Å². The molecule has 1 aliphatic rings. The number of anilines is 1. The number of hydrogen-bond acceptors (Lipinski definition) is 2. The summed E-state index contributed by atoms with van der Waals surface area (Å²) >= 11 is 0. The molecular weight excluding hydrogens is 302 g/mol. The molecule has 0 radical (unpaired) electrons. The zero-order valence-corrected chi connectivity index (χ0v) is 14.1. The molecule has 2 amide bonds. The topological polar surface area (TPSA) is 63.1 Å². The largest absolute Gasteiger partial charge is 0.354 e.